The second-order valence-corrected chi connectivity index (χ2v) is 3.28. The molecule has 6 nitrogen and oxygen atoms in total. The zero-order valence-corrected chi connectivity index (χ0v) is 8.59. The van der Waals surface area contributed by atoms with Crippen LogP contribution in [0.5, 0.6) is 0 Å². The van der Waals surface area contributed by atoms with Crippen LogP contribution in [0.4, 0.5) is 10.1 Å². The molecule has 1 aromatic heterocycles. The van der Waals surface area contributed by atoms with Gasteiger partial charge in [0.15, 0.2) is 5.76 Å². The molecule has 7 heteroatoms. The second kappa shape index (κ2) is 4.30. The first kappa shape index (κ1) is 11.2. The van der Waals surface area contributed by atoms with Crippen molar-refractivity contribution in [3.05, 3.63) is 46.2 Å². The summed E-state index contributed by atoms with van der Waals surface area (Å²) in [6.45, 7) is 0.109. The van der Waals surface area contributed by atoms with Crippen LogP contribution >= 0.6 is 0 Å². The summed E-state index contributed by atoms with van der Waals surface area (Å²) in [4.78, 5) is 13.7. The first-order valence-corrected chi connectivity index (χ1v) is 4.70. The Labute approximate surface area is 95.0 Å². The molecule has 1 aromatic carbocycles. The fourth-order valence-corrected chi connectivity index (χ4v) is 1.36. The predicted octanol–water partition coefficient (Wildman–Crippen LogP) is 1.85. The second-order valence-electron chi connectivity index (χ2n) is 3.28. The highest BCUT2D eigenvalue weighted by Gasteiger charge is 2.13. The van der Waals surface area contributed by atoms with Gasteiger partial charge in [-0.15, -0.1) is 0 Å². The van der Waals surface area contributed by atoms with Crippen molar-refractivity contribution in [2.45, 2.75) is 6.54 Å². The van der Waals surface area contributed by atoms with E-state index in [2.05, 4.69) is 4.98 Å². The Morgan fingerprint density at radius 3 is 2.82 bits per heavy atom. The molecule has 0 atom stereocenters. The topological polar surface area (TPSA) is 95.2 Å². The smallest absolute Gasteiger partial charge is 0.273 e. The number of aromatic nitrogens is 1. The van der Waals surface area contributed by atoms with Gasteiger partial charge in [0.2, 0.25) is 5.89 Å². The lowest BCUT2D eigenvalue weighted by atomic mass is 10.1. The number of nitro benzene ring substituents is 1. The summed E-state index contributed by atoms with van der Waals surface area (Å²) < 4.78 is 18.4. The number of hydrogen-bond donors (Lipinski definition) is 1. The Kier molecular flexibility index (Phi) is 2.84. The summed E-state index contributed by atoms with van der Waals surface area (Å²) in [5, 5.41) is 10.6. The van der Waals surface area contributed by atoms with E-state index < -0.39 is 10.7 Å². The molecule has 0 spiro atoms. The molecule has 0 bridgehead atoms. The lowest BCUT2D eigenvalue weighted by molar-refractivity contribution is -0.385. The first-order chi connectivity index (χ1) is 8.10. The van der Waals surface area contributed by atoms with Gasteiger partial charge in [0.05, 0.1) is 23.7 Å². The van der Waals surface area contributed by atoms with E-state index in [-0.39, 0.29) is 29.4 Å². The normalized spacial score (nSPS) is 10.5. The lowest BCUT2D eigenvalue weighted by Crippen LogP contribution is -1.94. The zero-order valence-electron chi connectivity index (χ0n) is 8.59. The summed E-state index contributed by atoms with van der Waals surface area (Å²) in [5.41, 5.74) is 5.22. The monoisotopic (exact) mass is 237 g/mol. The SMILES string of the molecule is NCc1ncc(-c2cc(F)cc([N+](=O)[O-])c2)o1. The van der Waals surface area contributed by atoms with Crippen LogP contribution in [0.3, 0.4) is 0 Å². The molecule has 2 N–H and O–H groups in total. The quantitative estimate of drug-likeness (QED) is 0.649. The molecule has 0 aliphatic heterocycles. The maximum Gasteiger partial charge on any atom is 0.273 e. The number of benzene rings is 1. The molecule has 0 radical (unpaired) electrons. The molecule has 0 fully saturated rings. The number of rotatable bonds is 3. The van der Waals surface area contributed by atoms with Crippen LogP contribution in [-0.2, 0) is 6.54 Å². The zero-order chi connectivity index (χ0) is 12.4. The third-order valence-electron chi connectivity index (χ3n) is 2.11. The van der Waals surface area contributed by atoms with Crippen molar-refractivity contribution in [3.63, 3.8) is 0 Å². The Bertz CT molecular complexity index is 568. The van der Waals surface area contributed by atoms with E-state index in [0.29, 0.717) is 0 Å². The third-order valence-corrected chi connectivity index (χ3v) is 2.11. The number of nitrogens with zero attached hydrogens (tertiary/aromatic N) is 2. The largest absolute Gasteiger partial charge is 0.439 e. The van der Waals surface area contributed by atoms with Crippen LogP contribution in [0.15, 0.2) is 28.8 Å². The number of nitro groups is 1. The van der Waals surface area contributed by atoms with Gasteiger partial charge >= 0.3 is 0 Å². The summed E-state index contributed by atoms with van der Waals surface area (Å²) in [6.07, 6.45) is 1.35. The fraction of sp³-hybridized carbons (Fsp3) is 0.100. The van der Waals surface area contributed by atoms with Gasteiger partial charge in [0, 0.05) is 11.6 Å². The Balaban J connectivity index is 2.47. The van der Waals surface area contributed by atoms with E-state index >= 15 is 0 Å². The molecule has 88 valence electrons. The summed E-state index contributed by atoms with van der Waals surface area (Å²) in [7, 11) is 0. The van der Waals surface area contributed by atoms with Crippen molar-refractivity contribution in [3.8, 4) is 11.3 Å². The van der Waals surface area contributed by atoms with Crippen LogP contribution in [0.1, 0.15) is 5.89 Å². The molecule has 0 amide bonds. The van der Waals surface area contributed by atoms with Gasteiger partial charge in [0.25, 0.3) is 5.69 Å². The van der Waals surface area contributed by atoms with E-state index in [1.54, 1.807) is 0 Å². The minimum absolute atomic E-state index is 0.109. The first-order valence-electron chi connectivity index (χ1n) is 4.70. The molecule has 17 heavy (non-hydrogen) atoms. The molecule has 2 rings (SSSR count). The maximum absolute atomic E-state index is 13.2. The van der Waals surface area contributed by atoms with Crippen molar-refractivity contribution in [2.75, 3.05) is 0 Å². The highest BCUT2D eigenvalue weighted by molar-refractivity contribution is 5.60. The Morgan fingerprint density at radius 2 is 2.24 bits per heavy atom. The Morgan fingerprint density at radius 1 is 1.47 bits per heavy atom. The summed E-state index contributed by atoms with van der Waals surface area (Å²) in [6, 6.07) is 3.18. The van der Waals surface area contributed by atoms with E-state index in [9.17, 15) is 14.5 Å². The van der Waals surface area contributed by atoms with Crippen LogP contribution in [0.25, 0.3) is 11.3 Å². The molecule has 0 aliphatic carbocycles. The van der Waals surface area contributed by atoms with Crippen LogP contribution in [0.2, 0.25) is 0 Å². The van der Waals surface area contributed by atoms with Crippen LogP contribution < -0.4 is 5.73 Å². The van der Waals surface area contributed by atoms with E-state index in [1.807, 2.05) is 0 Å². The van der Waals surface area contributed by atoms with E-state index in [0.717, 1.165) is 12.1 Å². The van der Waals surface area contributed by atoms with Gasteiger partial charge in [-0.05, 0) is 6.07 Å². The number of nitrogens with two attached hydrogens (primary N) is 1. The fourth-order valence-electron chi connectivity index (χ4n) is 1.36. The minimum atomic E-state index is -0.708. The van der Waals surface area contributed by atoms with Crippen molar-refractivity contribution in [2.24, 2.45) is 5.73 Å². The van der Waals surface area contributed by atoms with Crippen molar-refractivity contribution in [1.29, 1.82) is 0 Å². The molecule has 0 unspecified atom stereocenters. The molecular weight excluding hydrogens is 229 g/mol. The molecule has 2 aromatic rings. The number of halogens is 1. The van der Waals surface area contributed by atoms with Gasteiger partial charge in [-0.1, -0.05) is 0 Å². The summed E-state index contributed by atoms with van der Waals surface area (Å²) >= 11 is 0. The van der Waals surface area contributed by atoms with Crippen molar-refractivity contribution >= 4 is 5.69 Å². The number of hydrogen-bond acceptors (Lipinski definition) is 5. The van der Waals surface area contributed by atoms with Gasteiger partial charge in [-0.2, -0.15) is 0 Å². The van der Waals surface area contributed by atoms with Crippen molar-refractivity contribution < 1.29 is 13.7 Å². The van der Waals surface area contributed by atoms with E-state index in [1.165, 1.54) is 12.3 Å². The van der Waals surface area contributed by atoms with Crippen LogP contribution in [-0.4, -0.2) is 9.91 Å². The third kappa shape index (κ3) is 2.28. The van der Waals surface area contributed by atoms with Gasteiger partial charge < -0.3 is 10.2 Å². The highest BCUT2D eigenvalue weighted by Crippen LogP contribution is 2.26. The lowest BCUT2D eigenvalue weighted by Gasteiger charge is -1.97. The number of non-ortho nitro benzene ring substituents is 1. The molecule has 0 saturated carbocycles. The average molecular weight is 237 g/mol. The summed E-state index contributed by atoms with van der Waals surface area (Å²) in [5.74, 6) is -0.181. The van der Waals surface area contributed by atoms with E-state index in [4.69, 9.17) is 10.2 Å². The minimum Gasteiger partial charge on any atom is -0.439 e. The molecular formula is C10H8FN3O3. The standard InChI is InChI=1S/C10H8FN3O3/c11-7-1-6(2-8(3-7)14(15)16)9-5-13-10(4-12)17-9/h1-3,5H,4,12H2. The molecule has 1 heterocycles. The average Bonchev–Trinajstić information content (AvgIpc) is 2.76. The Hall–Kier alpha value is -2.28. The maximum atomic E-state index is 13.2. The van der Waals surface area contributed by atoms with Crippen LogP contribution in [0, 0.1) is 15.9 Å². The van der Waals surface area contributed by atoms with Gasteiger partial charge in [0.1, 0.15) is 5.82 Å². The van der Waals surface area contributed by atoms with Gasteiger partial charge in [-0.25, -0.2) is 9.37 Å². The highest BCUT2D eigenvalue weighted by atomic mass is 19.1. The van der Waals surface area contributed by atoms with Crippen molar-refractivity contribution in [1.82, 2.24) is 4.98 Å². The van der Waals surface area contributed by atoms with Gasteiger partial charge in [-0.3, -0.25) is 10.1 Å². The number of oxazole rings is 1. The molecule has 0 saturated heterocycles. The molecule has 0 aliphatic rings. The predicted molar refractivity (Wildman–Crippen MR) is 56.4 cm³/mol.